The molecule has 1 aliphatic carbocycles. The van der Waals surface area contributed by atoms with E-state index in [1.165, 1.54) is 4.90 Å². The van der Waals surface area contributed by atoms with Gasteiger partial charge in [0.15, 0.2) is 5.78 Å². The number of nitrogens with two attached hydrogens (primary N) is 1. The molecule has 0 aromatic heterocycles. The summed E-state index contributed by atoms with van der Waals surface area (Å²) in [5.74, 6) is -8.68. The number of benzene rings is 1. The zero-order chi connectivity index (χ0) is 34.7. The van der Waals surface area contributed by atoms with Crippen LogP contribution >= 0.6 is 0 Å². The summed E-state index contributed by atoms with van der Waals surface area (Å²) in [6.45, 7) is 12.8. The lowest BCUT2D eigenvalue weighted by Crippen LogP contribution is -2.61. The zero-order valence-corrected chi connectivity index (χ0v) is 27.6. The number of ketones is 2. The van der Waals surface area contributed by atoms with E-state index in [1.54, 1.807) is 65.0 Å². The second-order valence-electron chi connectivity index (χ2n) is 14.3. The van der Waals surface area contributed by atoms with Gasteiger partial charge in [-0.2, -0.15) is 0 Å². The van der Waals surface area contributed by atoms with Gasteiger partial charge in [0.2, 0.25) is 17.6 Å². The number of hydrogen-bond acceptors (Lipinski definition) is 6. The number of primary amides is 1. The average Bonchev–Trinajstić information content (AvgIpc) is 3.34. The minimum atomic E-state index is -2.99. The zero-order valence-electron chi connectivity index (χ0n) is 27.6. The Bertz CT molecular complexity index is 1330. The molecule has 3 rings (SSSR count). The summed E-state index contributed by atoms with van der Waals surface area (Å²) in [6, 6.07) is 3.11. The molecule has 5 amide bonds. The molecular weight excluding hydrogens is 600 g/mol. The van der Waals surface area contributed by atoms with Crippen LogP contribution in [-0.4, -0.2) is 76.9 Å². The number of Topliss-reactive ketones (excluding diaryl/α,β-unsaturated/α-hetero) is 2. The van der Waals surface area contributed by atoms with Crippen molar-refractivity contribution in [1.29, 1.82) is 0 Å². The fourth-order valence-corrected chi connectivity index (χ4v) is 5.77. The minimum absolute atomic E-state index is 0.0569. The van der Waals surface area contributed by atoms with Crippen LogP contribution in [0.5, 0.6) is 0 Å². The summed E-state index contributed by atoms with van der Waals surface area (Å²) in [5.41, 5.74) is 4.73. The maximum absolute atomic E-state index is 14.2. The molecule has 254 valence electrons. The van der Waals surface area contributed by atoms with Crippen LogP contribution in [0.25, 0.3) is 0 Å². The number of nitrogens with one attached hydrogen (secondary N) is 3. The monoisotopic (exact) mass is 647 g/mol. The first-order valence-corrected chi connectivity index (χ1v) is 15.7. The van der Waals surface area contributed by atoms with E-state index in [0.717, 1.165) is 0 Å². The van der Waals surface area contributed by atoms with Crippen LogP contribution < -0.4 is 21.7 Å². The first-order valence-electron chi connectivity index (χ1n) is 15.7. The summed E-state index contributed by atoms with van der Waals surface area (Å²) in [5, 5.41) is 7.86. The Morgan fingerprint density at radius 1 is 0.978 bits per heavy atom. The molecule has 2 fully saturated rings. The van der Waals surface area contributed by atoms with Gasteiger partial charge in [-0.25, -0.2) is 13.6 Å². The number of amides is 5. The van der Waals surface area contributed by atoms with Crippen molar-refractivity contribution >= 4 is 35.3 Å². The van der Waals surface area contributed by atoms with Crippen molar-refractivity contribution in [3.05, 3.63) is 35.9 Å². The van der Waals surface area contributed by atoms with E-state index in [4.69, 9.17) is 5.73 Å². The molecule has 0 radical (unpaired) electrons. The number of urea groups is 1. The molecule has 1 aliphatic heterocycles. The molecule has 1 aromatic rings. The van der Waals surface area contributed by atoms with E-state index in [0.29, 0.717) is 5.56 Å². The van der Waals surface area contributed by atoms with Crippen LogP contribution in [0.15, 0.2) is 30.3 Å². The second kappa shape index (κ2) is 14.3. The van der Waals surface area contributed by atoms with Crippen LogP contribution in [0.4, 0.5) is 13.6 Å². The van der Waals surface area contributed by atoms with Gasteiger partial charge in [-0.1, -0.05) is 78.8 Å². The molecule has 5 N–H and O–H groups in total. The van der Waals surface area contributed by atoms with E-state index in [1.807, 2.05) is 13.8 Å². The highest BCUT2D eigenvalue weighted by molar-refractivity contribution is 6.37. The molecule has 1 heterocycles. The average molecular weight is 648 g/mol. The molecule has 2 aliphatic rings. The van der Waals surface area contributed by atoms with Crippen molar-refractivity contribution in [2.24, 2.45) is 34.8 Å². The summed E-state index contributed by atoms with van der Waals surface area (Å²) in [4.78, 5) is 79.8. The third-order valence-corrected chi connectivity index (χ3v) is 8.90. The first kappa shape index (κ1) is 36.6. The lowest BCUT2D eigenvalue weighted by atomic mass is 9.85. The standard InChI is InChI=1S/C33H47F2N5O6/c1-17(2)20-13-23(29(44)37-22(26(42)28(36)43)14-21-15-33(21,34)35)40(16-20)30(45)27(32(5,6)7)39-31(46)38-24(18(3)4)25(41)19-11-9-8-10-12-19/h8-12,17-18,20-24,27H,13-16H2,1-7H3,(H2,36,43)(H,37,44)(H2,38,39,46)/t20-,21?,22?,23+,24+,27-/m1/s1. The van der Waals surface area contributed by atoms with Crippen molar-refractivity contribution in [3.63, 3.8) is 0 Å². The quantitative estimate of drug-likeness (QED) is 0.190. The largest absolute Gasteiger partial charge is 0.363 e. The van der Waals surface area contributed by atoms with Gasteiger partial charge in [0.25, 0.3) is 11.8 Å². The molecule has 46 heavy (non-hydrogen) atoms. The van der Waals surface area contributed by atoms with Crippen LogP contribution in [0.2, 0.25) is 0 Å². The van der Waals surface area contributed by atoms with Crippen LogP contribution in [-0.2, 0) is 19.2 Å². The Morgan fingerprint density at radius 3 is 2.04 bits per heavy atom. The highest BCUT2D eigenvalue weighted by Crippen LogP contribution is 2.51. The van der Waals surface area contributed by atoms with Gasteiger partial charge in [0.05, 0.1) is 12.1 Å². The van der Waals surface area contributed by atoms with E-state index < -0.39 is 83.8 Å². The summed E-state index contributed by atoms with van der Waals surface area (Å²) < 4.78 is 27.3. The van der Waals surface area contributed by atoms with Crippen molar-refractivity contribution in [2.45, 2.75) is 97.8 Å². The molecule has 11 nitrogen and oxygen atoms in total. The normalized spacial score (nSPS) is 22.5. The van der Waals surface area contributed by atoms with Crippen molar-refractivity contribution in [2.75, 3.05) is 6.54 Å². The topological polar surface area (TPSA) is 168 Å². The molecule has 13 heteroatoms. The van der Waals surface area contributed by atoms with Gasteiger partial charge in [-0.15, -0.1) is 0 Å². The Kier molecular flexibility index (Phi) is 11.3. The number of hydrogen-bond donors (Lipinski definition) is 4. The number of alkyl halides is 2. The minimum Gasteiger partial charge on any atom is -0.363 e. The number of carbonyl (C=O) groups is 6. The molecule has 2 unspecified atom stereocenters. The third kappa shape index (κ3) is 8.88. The van der Waals surface area contributed by atoms with Gasteiger partial charge in [0.1, 0.15) is 12.1 Å². The third-order valence-electron chi connectivity index (χ3n) is 8.90. The van der Waals surface area contributed by atoms with E-state index in [2.05, 4.69) is 16.0 Å². The predicted octanol–water partition coefficient (Wildman–Crippen LogP) is 3.07. The SMILES string of the molecule is CC(C)[C@@H]1C[C@@H](C(=O)NC(CC2CC2(F)F)C(=O)C(N)=O)N(C(=O)[C@@H](NC(=O)N[C@H](C(=O)c2ccccc2)C(C)C)C(C)(C)C)C1. The fraction of sp³-hybridized carbons (Fsp3) is 0.636. The van der Waals surface area contributed by atoms with E-state index in [9.17, 15) is 37.5 Å². The van der Waals surface area contributed by atoms with Crippen molar-refractivity contribution in [3.8, 4) is 0 Å². The summed E-state index contributed by atoms with van der Waals surface area (Å²) in [6.07, 6.45) is -0.708. The molecule has 1 saturated carbocycles. The number of rotatable bonds is 13. The Morgan fingerprint density at radius 2 is 1.57 bits per heavy atom. The van der Waals surface area contributed by atoms with Gasteiger partial charge >= 0.3 is 6.03 Å². The van der Waals surface area contributed by atoms with Crippen molar-refractivity contribution < 1.29 is 37.5 Å². The summed E-state index contributed by atoms with van der Waals surface area (Å²) in [7, 11) is 0. The molecule has 1 saturated heterocycles. The van der Waals surface area contributed by atoms with Gasteiger partial charge in [0, 0.05) is 24.4 Å². The number of carbonyl (C=O) groups excluding carboxylic acids is 6. The number of halogens is 2. The lowest BCUT2D eigenvalue weighted by molar-refractivity contribution is -0.143. The van der Waals surface area contributed by atoms with Gasteiger partial charge < -0.3 is 26.6 Å². The Labute approximate surface area is 268 Å². The fourth-order valence-electron chi connectivity index (χ4n) is 5.77. The van der Waals surface area contributed by atoms with Crippen LogP contribution in [0.3, 0.4) is 0 Å². The molecule has 1 aromatic carbocycles. The van der Waals surface area contributed by atoms with E-state index in [-0.39, 0.29) is 36.5 Å². The predicted molar refractivity (Wildman–Crippen MR) is 167 cm³/mol. The van der Waals surface area contributed by atoms with Gasteiger partial charge in [-0.3, -0.25) is 24.0 Å². The highest BCUT2D eigenvalue weighted by atomic mass is 19.3. The van der Waals surface area contributed by atoms with Gasteiger partial charge in [-0.05, 0) is 36.0 Å². The number of likely N-dealkylation sites (tertiary alicyclic amines) is 1. The second-order valence-corrected chi connectivity index (χ2v) is 14.3. The maximum Gasteiger partial charge on any atom is 0.316 e. The highest BCUT2D eigenvalue weighted by Gasteiger charge is 2.58. The smallest absolute Gasteiger partial charge is 0.316 e. The first-order chi connectivity index (χ1) is 21.2. The number of nitrogens with zero attached hydrogens (tertiary/aromatic N) is 1. The Hall–Kier alpha value is -3.90. The maximum atomic E-state index is 14.2. The van der Waals surface area contributed by atoms with E-state index >= 15 is 0 Å². The van der Waals surface area contributed by atoms with Crippen LogP contribution in [0.1, 0.15) is 78.1 Å². The molecule has 6 atom stereocenters. The lowest BCUT2D eigenvalue weighted by Gasteiger charge is -2.36. The molecular formula is C33H47F2N5O6. The summed E-state index contributed by atoms with van der Waals surface area (Å²) >= 11 is 0. The van der Waals surface area contributed by atoms with Crippen LogP contribution in [0, 0.1) is 29.1 Å². The Balaban J connectivity index is 1.83. The molecule has 0 bridgehead atoms. The molecule has 0 spiro atoms. The van der Waals surface area contributed by atoms with Crippen molar-refractivity contribution in [1.82, 2.24) is 20.9 Å².